The van der Waals surface area contributed by atoms with E-state index in [1.54, 1.807) is 12.1 Å². The lowest BCUT2D eigenvalue weighted by atomic mass is 10.0. The molecule has 23 heavy (non-hydrogen) atoms. The molecular formula is C17H25N3O3. The van der Waals surface area contributed by atoms with Gasteiger partial charge in [0.2, 0.25) is 5.91 Å². The second-order valence-corrected chi connectivity index (χ2v) is 5.93. The zero-order valence-corrected chi connectivity index (χ0v) is 13.8. The number of piperidine rings is 1. The number of carbonyl (C=O) groups excluding carboxylic acids is 2. The molecule has 0 saturated carbocycles. The summed E-state index contributed by atoms with van der Waals surface area (Å²) in [5.74, 6) is 0.228. The second kappa shape index (κ2) is 7.97. The predicted octanol–water partition coefficient (Wildman–Crippen LogP) is 1.47. The molecule has 1 aliphatic rings. The summed E-state index contributed by atoms with van der Waals surface area (Å²) in [5, 5.41) is 5.83. The van der Waals surface area contributed by atoms with Crippen molar-refractivity contribution in [2.24, 2.45) is 0 Å². The molecule has 2 heterocycles. The average Bonchev–Trinajstić information content (AvgIpc) is 2.98. The number of hydrogen-bond acceptors (Lipinski definition) is 4. The van der Waals surface area contributed by atoms with E-state index in [0.29, 0.717) is 12.3 Å². The average molecular weight is 319 g/mol. The van der Waals surface area contributed by atoms with Crippen LogP contribution in [0.2, 0.25) is 0 Å². The van der Waals surface area contributed by atoms with E-state index in [9.17, 15) is 9.59 Å². The highest BCUT2D eigenvalue weighted by Crippen LogP contribution is 2.15. The van der Waals surface area contributed by atoms with Crippen molar-refractivity contribution in [3.8, 4) is 0 Å². The first-order chi connectivity index (χ1) is 11.0. The number of hydrogen-bond donors (Lipinski definition) is 2. The minimum absolute atomic E-state index is 0.0126. The number of aryl methyl sites for hydroxylation is 1. The summed E-state index contributed by atoms with van der Waals surface area (Å²) in [4.78, 5) is 26.3. The van der Waals surface area contributed by atoms with Crippen LogP contribution in [0.25, 0.3) is 0 Å². The molecule has 1 aliphatic heterocycles. The van der Waals surface area contributed by atoms with Crippen LogP contribution in [0.5, 0.6) is 0 Å². The lowest BCUT2D eigenvalue weighted by molar-refractivity contribution is -0.126. The molecule has 1 fully saturated rings. The maximum atomic E-state index is 12.1. The summed E-state index contributed by atoms with van der Waals surface area (Å²) in [6.07, 6.45) is 4.84. The van der Waals surface area contributed by atoms with Gasteiger partial charge in [0.05, 0.1) is 12.3 Å². The fourth-order valence-corrected chi connectivity index (χ4v) is 2.77. The fraction of sp³-hybridized carbons (Fsp3) is 0.529. The zero-order valence-electron chi connectivity index (χ0n) is 13.8. The molecule has 2 amide bonds. The Morgan fingerprint density at radius 1 is 1.48 bits per heavy atom. The standard InChI is InChI=1S/C17H25N3O3/c1-4-8-18-16(21)13(3)20-9-5-14(6-10-20)19-17(22)15-12(2)7-11-23-15/h4,7,11,13-14H,1,5-6,8-10H2,2-3H3,(H,18,21)(H,19,22)/t13-/m1/s1. The molecule has 6 heteroatoms. The van der Waals surface area contributed by atoms with Crippen LogP contribution < -0.4 is 10.6 Å². The highest BCUT2D eigenvalue weighted by Gasteiger charge is 2.27. The molecule has 0 spiro atoms. The fourth-order valence-electron chi connectivity index (χ4n) is 2.77. The summed E-state index contributed by atoms with van der Waals surface area (Å²) >= 11 is 0. The molecule has 0 aromatic carbocycles. The highest BCUT2D eigenvalue weighted by atomic mass is 16.3. The number of likely N-dealkylation sites (tertiary alicyclic amines) is 1. The number of nitrogens with zero attached hydrogens (tertiary/aromatic N) is 1. The summed E-state index contributed by atoms with van der Waals surface area (Å²) in [6.45, 7) is 9.40. The van der Waals surface area contributed by atoms with Gasteiger partial charge in [-0.05, 0) is 32.8 Å². The number of amides is 2. The van der Waals surface area contributed by atoms with E-state index in [0.717, 1.165) is 31.5 Å². The number of carbonyl (C=O) groups is 2. The first-order valence-corrected chi connectivity index (χ1v) is 8.00. The lowest BCUT2D eigenvalue weighted by Gasteiger charge is -2.35. The van der Waals surface area contributed by atoms with Crippen molar-refractivity contribution in [3.05, 3.63) is 36.3 Å². The smallest absolute Gasteiger partial charge is 0.287 e. The molecule has 2 N–H and O–H groups in total. The Balaban J connectivity index is 1.79. The molecule has 1 atom stereocenters. The Hall–Kier alpha value is -2.08. The molecule has 0 unspecified atom stereocenters. The van der Waals surface area contributed by atoms with E-state index >= 15 is 0 Å². The van der Waals surface area contributed by atoms with Crippen LogP contribution in [0.1, 0.15) is 35.9 Å². The highest BCUT2D eigenvalue weighted by molar-refractivity contribution is 5.93. The van der Waals surface area contributed by atoms with Gasteiger partial charge in [0, 0.05) is 31.2 Å². The van der Waals surface area contributed by atoms with Crippen LogP contribution in [0.4, 0.5) is 0 Å². The Bertz CT molecular complexity index is 559. The number of rotatable bonds is 6. The van der Waals surface area contributed by atoms with E-state index < -0.39 is 0 Å². The molecule has 126 valence electrons. The summed E-state index contributed by atoms with van der Waals surface area (Å²) < 4.78 is 5.21. The normalized spacial score (nSPS) is 17.5. The van der Waals surface area contributed by atoms with Crippen LogP contribution in [-0.4, -0.2) is 48.4 Å². The summed E-state index contributed by atoms with van der Waals surface area (Å²) in [7, 11) is 0. The Labute approximate surface area is 136 Å². The van der Waals surface area contributed by atoms with Crippen molar-refractivity contribution >= 4 is 11.8 Å². The summed E-state index contributed by atoms with van der Waals surface area (Å²) in [6, 6.07) is 1.73. The van der Waals surface area contributed by atoms with E-state index in [1.807, 2.05) is 13.8 Å². The van der Waals surface area contributed by atoms with Crippen molar-refractivity contribution in [2.75, 3.05) is 19.6 Å². The van der Waals surface area contributed by atoms with Crippen LogP contribution in [-0.2, 0) is 4.79 Å². The molecule has 1 saturated heterocycles. The second-order valence-electron chi connectivity index (χ2n) is 5.93. The molecule has 0 aliphatic carbocycles. The van der Waals surface area contributed by atoms with Crippen molar-refractivity contribution in [1.82, 2.24) is 15.5 Å². The Kier molecular flexibility index (Phi) is 5.98. The largest absolute Gasteiger partial charge is 0.459 e. The molecule has 6 nitrogen and oxygen atoms in total. The Morgan fingerprint density at radius 2 is 2.17 bits per heavy atom. The monoisotopic (exact) mass is 319 g/mol. The molecule has 1 aromatic rings. The van der Waals surface area contributed by atoms with Crippen LogP contribution >= 0.6 is 0 Å². The van der Waals surface area contributed by atoms with Crippen LogP contribution in [0, 0.1) is 6.92 Å². The predicted molar refractivity (Wildman–Crippen MR) is 88.2 cm³/mol. The number of furan rings is 1. The first kappa shape index (κ1) is 17.3. The van der Waals surface area contributed by atoms with Crippen molar-refractivity contribution in [1.29, 1.82) is 0 Å². The molecule has 0 radical (unpaired) electrons. The molecule has 1 aromatic heterocycles. The van der Waals surface area contributed by atoms with Gasteiger partial charge >= 0.3 is 0 Å². The van der Waals surface area contributed by atoms with Crippen molar-refractivity contribution in [3.63, 3.8) is 0 Å². The topological polar surface area (TPSA) is 74.6 Å². The van der Waals surface area contributed by atoms with E-state index in [4.69, 9.17) is 4.42 Å². The third-order valence-electron chi connectivity index (χ3n) is 4.28. The number of nitrogens with one attached hydrogen (secondary N) is 2. The van der Waals surface area contributed by atoms with E-state index in [2.05, 4.69) is 22.1 Å². The molecule has 0 bridgehead atoms. The van der Waals surface area contributed by atoms with Crippen molar-refractivity contribution < 1.29 is 14.0 Å². The minimum Gasteiger partial charge on any atom is -0.459 e. The zero-order chi connectivity index (χ0) is 16.8. The van der Waals surface area contributed by atoms with Gasteiger partial charge in [-0.3, -0.25) is 14.5 Å². The van der Waals surface area contributed by atoms with Gasteiger partial charge < -0.3 is 15.1 Å². The summed E-state index contributed by atoms with van der Waals surface area (Å²) in [5.41, 5.74) is 0.840. The SMILES string of the molecule is C=CCNC(=O)[C@@H](C)N1CCC(NC(=O)c2occc2C)CC1. The van der Waals surface area contributed by atoms with Gasteiger partial charge in [-0.1, -0.05) is 6.08 Å². The maximum absolute atomic E-state index is 12.1. The Morgan fingerprint density at radius 3 is 2.74 bits per heavy atom. The first-order valence-electron chi connectivity index (χ1n) is 8.00. The maximum Gasteiger partial charge on any atom is 0.287 e. The van der Waals surface area contributed by atoms with Gasteiger partial charge in [-0.25, -0.2) is 0 Å². The lowest BCUT2D eigenvalue weighted by Crippen LogP contribution is -2.51. The van der Waals surface area contributed by atoms with Gasteiger partial charge in [0.15, 0.2) is 5.76 Å². The van der Waals surface area contributed by atoms with Gasteiger partial charge in [0.1, 0.15) is 0 Å². The molecular weight excluding hydrogens is 294 g/mol. The van der Waals surface area contributed by atoms with Gasteiger partial charge in [0.25, 0.3) is 5.91 Å². The van der Waals surface area contributed by atoms with Crippen LogP contribution in [0.15, 0.2) is 29.4 Å². The third kappa shape index (κ3) is 4.45. The van der Waals surface area contributed by atoms with Gasteiger partial charge in [-0.15, -0.1) is 6.58 Å². The minimum atomic E-state index is -0.168. The van der Waals surface area contributed by atoms with E-state index in [-0.39, 0.29) is 23.9 Å². The quantitative estimate of drug-likeness (QED) is 0.779. The third-order valence-corrected chi connectivity index (χ3v) is 4.28. The van der Waals surface area contributed by atoms with Crippen LogP contribution in [0.3, 0.4) is 0 Å². The molecule has 2 rings (SSSR count). The van der Waals surface area contributed by atoms with E-state index in [1.165, 1.54) is 6.26 Å². The van der Waals surface area contributed by atoms with Crippen molar-refractivity contribution in [2.45, 2.75) is 38.8 Å². The van der Waals surface area contributed by atoms with Gasteiger partial charge in [-0.2, -0.15) is 0 Å².